The van der Waals surface area contributed by atoms with Crippen LogP contribution in [0.1, 0.15) is 46.5 Å². The van der Waals surface area contributed by atoms with Crippen molar-refractivity contribution in [2.45, 2.75) is 46.5 Å². The van der Waals surface area contributed by atoms with Crippen molar-refractivity contribution in [2.75, 3.05) is 13.1 Å². The second kappa shape index (κ2) is 3.52. The maximum Gasteiger partial charge on any atom is 0.176 e. The molecule has 2 rings (SSSR count). The predicted octanol–water partition coefficient (Wildman–Crippen LogP) is 3.00. The minimum absolute atomic E-state index is 0.483. The number of allylic oxidation sites excluding steroid dienone is 2. The van der Waals surface area contributed by atoms with Gasteiger partial charge in [0.1, 0.15) is 13.1 Å². The van der Waals surface area contributed by atoms with E-state index in [4.69, 9.17) is 0 Å². The van der Waals surface area contributed by atoms with Gasteiger partial charge in [-0.2, -0.15) is 0 Å². The standard InChI is InChI=1S/C13H22N/c1-11-8-12(10-13(2,3)9-11)14-6-4-5-7-14/h8H,4-7,9-10H2,1-3H3/q+1. The lowest BCUT2D eigenvalue weighted by atomic mass is 9.77. The van der Waals surface area contributed by atoms with Crippen LogP contribution >= 0.6 is 0 Å². The summed E-state index contributed by atoms with van der Waals surface area (Å²) in [5.74, 6) is 0. The molecule has 0 aromatic heterocycles. The lowest BCUT2D eigenvalue weighted by Gasteiger charge is -2.28. The van der Waals surface area contributed by atoms with E-state index in [1.807, 2.05) is 0 Å². The third kappa shape index (κ3) is 2.08. The van der Waals surface area contributed by atoms with Crippen molar-refractivity contribution in [1.29, 1.82) is 0 Å². The van der Waals surface area contributed by atoms with Crippen LogP contribution in [-0.4, -0.2) is 23.4 Å². The molecule has 1 saturated heterocycles. The zero-order valence-electron chi connectivity index (χ0n) is 9.77. The maximum absolute atomic E-state index is 2.59. The van der Waals surface area contributed by atoms with E-state index >= 15 is 0 Å². The molecule has 0 amide bonds. The van der Waals surface area contributed by atoms with Crippen LogP contribution < -0.4 is 0 Å². The molecule has 78 valence electrons. The minimum Gasteiger partial charge on any atom is -0.233 e. The average Bonchev–Trinajstić information content (AvgIpc) is 2.51. The number of hydrogen-bond acceptors (Lipinski definition) is 0. The summed E-state index contributed by atoms with van der Waals surface area (Å²) in [5.41, 5.74) is 3.64. The summed E-state index contributed by atoms with van der Waals surface area (Å²) >= 11 is 0. The van der Waals surface area contributed by atoms with E-state index in [1.54, 1.807) is 11.3 Å². The van der Waals surface area contributed by atoms with Gasteiger partial charge in [0, 0.05) is 25.3 Å². The van der Waals surface area contributed by atoms with Gasteiger partial charge in [-0.05, 0) is 18.8 Å². The Morgan fingerprint density at radius 1 is 1.14 bits per heavy atom. The Morgan fingerprint density at radius 2 is 1.79 bits per heavy atom. The quantitative estimate of drug-likeness (QED) is 0.519. The largest absolute Gasteiger partial charge is 0.233 e. The topological polar surface area (TPSA) is 3.01 Å². The van der Waals surface area contributed by atoms with Crippen LogP contribution in [0.15, 0.2) is 11.6 Å². The Bertz CT molecular complexity index is 286. The summed E-state index contributed by atoms with van der Waals surface area (Å²) in [6.07, 6.45) is 7.74. The molecular formula is C13H22N+. The molecule has 0 aromatic carbocycles. The van der Waals surface area contributed by atoms with Gasteiger partial charge >= 0.3 is 0 Å². The van der Waals surface area contributed by atoms with Crippen LogP contribution in [0.5, 0.6) is 0 Å². The summed E-state index contributed by atoms with van der Waals surface area (Å²) in [4.78, 5) is 0. The highest BCUT2D eigenvalue weighted by molar-refractivity contribution is 5.92. The monoisotopic (exact) mass is 192 g/mol. The van der Waals surface area contributed by atoms with E-state index in [-0.39, 0.29) is 0 Å². The predicted molar refractivity (Wildman–Crippen MR) is 61.0 cm³/mol. The van der Waals surface area contributed by atoms with Crippen LogP contribution in [-0.2, 0) is 0 Å². The van der Waals surface area contributed by atoms with Crippen LogP contribution in [0.25, 0.3) is 0 Å². The van der Waals surface area contributed by atoms with E-state index in [0.29, 0.717) is 5.41 Å². The van der Waals surface area contributed by atoms with E-state index in [1.165, 1.54) is 38.8 Å². The van der Waals surface area contributed by atoms with Gasteiger partial charge in [0.2, 0.25) is 0 Å². The van der Waals surface area contributed by atoms with Gasteiger partial charge in [0.15, 0.2) is 5.71 Å². The van der Waals surface area contributed by atoms with Crippen molar-refractivity contribution in [1.82, 2.24) is 0 Å². The molecule has 0 atom stereocenters. The van der Waals surface area contributed by atoms with Gasteiger partial charge in [-0.1, -0.05) is 19.4 Å². The molecule has 0 spiro atoms. The molecular weight excluding hydrogens is 170 g/mol. The third-order valence-electron chi connectivity index (χ3n) is 3.34. The molecule has 0 bridgehead atoms. The van der Waals surface area contributed by atoms with Gasteiger partial charge < -0.3 is 0 Å². The second-order valence-electron chi connectivity index (χ2n) is 5.69. The molecule has 2 aliphatic rings. The Labute approximate surface area is 87.5 Å². The molecule has 1 heterocycles. The molecule has 0 unspecified atom stereocenters. The number of rotatable bonds is 0. The van der Waals surface area contributed by atoms with Crippen molar-refractivity contribution >= 4 is 5.71 Å². The maximum atomic E-state index is 2.59. The first-order valence-corrected chi connectivity index (χ1v) is 5.85. The summed E-state index contributed by atoms with van der Waals surface area (Å²) in [7, 11) is 0. The third-order valence-corrected chi connectivity index (χ3v) is 3.34. The van der Waals surface area contributed by atoms with Gasteiger partial charge in [-0.25, -0.2) is 4.58 Å². The first kappa shape index (κ1) is 9.95. The molecule has 0 N–H and O–H groups in total. The zero-order valence-corrected chi connectivity index (χ0v) is 9.77. The van der Waals surface area contributed by atoms with Crippen LogP contribution in [0.2, 0.25) is 0 Å². The van der Waals surface area contributed by atoms with Crippen LogP contribution in [0.4, 0.5) is 0 Å². The van der Waals surface area contributed by atoms with Crippen molar-refractivity contribution in [2.24, 2.45) is 5.41 Å². The van der Waals surface area contributed by atoms with Gasteiger partial charge in [-0.3, -0.25) is 0 Å². The highest BCUT2D eigenvalue weighted by Crippen LogP contribution is 2.33. The molecule has 1 heteroatoms. The fourth-order valence-electron chi connectivity index (χ4n) is 2.90. The highest BCUT2D eigenvalue weighted by Gasteiger charge is 2.30. The first-order valence-electron chi connectivity index (χ1n) is 5.85. The van der Waals surface area contributed by atoms with E-state index in [9.17, 15) is 0 Å². The van der Waals surface area contributed by atoms with E-state index < -0.39 is 0 Å². The van der Waals surface area contributed by atoms with Gasteiger partial charge in [-0.15, -0.1) is 0 Å². The molecule has 1 aliphatic heterocycles. The van der Waals surface area contributed by atoms with Gasteiger partial charge in [0.05, 0.1) is 0 Å². The van der Waals surface area contributed by atoms with Crippen LogP contribution in [0, 0.1) is 5.41 Å². The molecule has 0 radical (unpaired) electrons. The Morgan fingerprint density at radius 3 is 2.36 bits per heavy atom. The van der Waals surface area contributed by atoms with E-state index in [2.05, 4.69) is 31.4 Å². The molecule has 1 nitrogen and oxygen atoms in total. The fourth-order valence-corrected chi connectivity index (χ4v) is 2.90. The SMILES string of the molecule is CC1=CC(=[N+]2CCCC2)CC(C)(C)C1. The minimum atomic E-state index is 0.483. The summed E-state index contributed by atoms with van der Waals surface area (Å²) in [5, 5.41) is 0. The number of hydrogen-bond donors (Lipinski definition) is 0. The molecule has 1 aliphatic carbocycles. The number of nitrogens with zero attached hydrogens (tertiary/aromatic N) is 1. The second-order valence-corrected chi connectivity index (χ2v) is 5.69. The smallest absolute Gasteiger partial charge is 0.176 e. The molecule has 0 aromatic rings. The summed E-state index contributed by atoms with van der Waals surface area (Å²) < 4.78 is 2.59. The van der Waals surface area contributed by atoms with E-state index in [0.717, 1.165) is 0 Å². The van der Waals surface area contributed by atoms with Crippen molar-refractivity contribution in [3.05, 3.63) is 11.6 Å². The lowest BCUT2D eigenvalue weighted by molar-refractivity contribution is -0.507. The Balaban J connectivity index is 2.28. The van der Waals surface area contributed by atoms with Crippen molar-refractivity contribution in [3.63, 3.8) is 0 Å². The Kier molecular flexibility index (Phi) is 2.50. The Hall–Kier alpha value is -0.590. The molecule has 14 heavy (non-hydrogen) atoms. The molecule has 1 fully saturated rings. The molecule has 0 saturated carbocycles. The van der Waals surface area contributed by atoms with Crippen molar-refractivity contribution in [3.8, 4) is 0 Å². The van der Waals surface area contributed by atoms with Gasteiger partial charge in [0.25, 0.3) is 0 Å². The normalized spacial score (nSPS) is 26.6. The summed E-state index contributed by atoms with van der Waals surface area (Å²) in [6.45, 7) is 9.63. The van der Waals surface area contributed by atoms with Crippen LogP contribution in [0.3, 0.4) is 0 Å². The highest BCUT2D eigenvalue weighted by atomic mass is 15.0. The summed E-state index contributed by atoms with van der Waals surface area (Å²) in [6, 6.07) is 0. The average molecular weight is 192 g/mol. The lowest BCUT2D eigenvalue weighted by Crippen LogP contribution is -2.27. The first-order chi connectivity index (χ1) is 6.57. The fraction of sp³-hybridized carbons (Fsp3) is 0.769. The van der Waals surface area contributed by atoms with Crippen molar-refractivity contribution < 1.29 is 4.58 Å². The zero-order chi connectivity index (χ0) is 10.2.